The minimum atomic E-state index is 0.148. The number of carbonyl (C=O) groups excluding carboxylic acids is 1. The molecule has 1 N–H and O–H groups in total. The Morgan fingerprint density at radius 1 is 0.972 bits per heavy atom. The number of hydrogen-bond acceptors (Lipinski definition) is 3. The molecule has 0 aromatic heterocycles. The van der Waals surface area contributed by atoms with E-state index in [4.69, 9.17) is 4.99 Å². The van der Waals surface area contributed by atoms with Gasteiger partial charge >= 0.3 is 0 Å². The predicted molar refractivity (Wildman–Crippen MR) is 147 cm³/mol. The predicted octanol–water partition coefficient (Wildman–Crippen LogP) is 7.28. The van der Waals surface area contributed by atoms with E-state index in [9.17, 15) is 4.79 Å². The zero-order valence-electron chi connectivity index (χ0n) is 21.2. The lowest BCUT2D eigenvalue weighted by Gasteiger charge is -2.30. The van der Waals surface area contributed by atoms with Gasteiger partial charge in [0.2, 0.25) is 0 Å². The van der Waals surface area contributed by atoms with E-state index in [0.717, 1.165) is 42.5 Å². The third-order valence-corrected chi connectivity index (χ3v) is 9.58. The smallest absolute Gasteiger partial charge is 0.166 e. The van der Waals surface area contributed by atoms with E-state index in [1.807, 2.05) is 0 Å². The van der Waals surface area contributed by atoms with Gasteiger partial charge in [-0.25, -0.2) is 0 Å². The molecule has 2 aliphatic heterocycles. The van der Waals surface area contributed by atoms with Gasteiger partial charge in [-0.2, -0.15) is 0 Å². The number of hydrogen-bond donors (Lipinski definition) is 1. The summed E-state index contributed by atoms with van der Waals surface area (Å²) in [6, 6.07) is 17.7. The highest BCUT2D eigenvalue weighted by Gasteiger charge is 2.39. The van der Waals surface area contributed by atoms with E-state index in [2.05, 4.69) is 72.9 Å². The van der Waals surface area contributed by atoms with Crippen LogP contribution in [0, 0.1) is 23.7 Å². The van der Waals surface area contributed by atoms with Crippen LogP contribution < -0.4 is 5.32 Å². The molecule has 0 amide bonds. The van der Waals surface area contributed by atoms with Crippen LogP contribution in [0.25, 0.3) is 5.57 Å². The van der Waals surface area contributed by atoms with Gasteiger partial charge in [0.1, 0.15) is 0 Å². The van der Waals surface area contributed by atoms with Crippen LogP contribution in [0.1, 0.15) is 79.3 Å². The van der Waals surface area contributed by atoms with Crippen LogP contribution in [0.5, 0.6) is 0 Å². The van der Waals surface area contributed by atoms with E-state index >= 15 is 0 Å². The van der Waals surface area contributed by atoms with Gasteiger partial charge in [0.25, 0.3) is 0 Å². The summed E-state index contributed by atoms with van der Waals surface area (Å²) in [6.07, 6.45) is 13.1. The number of nitrogens with zero attached hydrogens (tertiary/aromatic N) is 1. The van der Waals surface area contributed by atoms with Gasteiger partial charge in [-0.1, -0.05) is 74.4 Å². The second-order valence-corrected chi connectivity index (χ2v) is 11.8. The largest absolute Gasteiger partial charge is 0.314 e. The second kappa shape index (κ2) is 8.95. The third-order valence-electron chi connectivity index (χ3n) is 9.58. The Morgan fingerprint density at radius 3 is 2.64 bits per heavy atom. The SMILES string of the molecule is CC1C(C2=CC=C(c3ccccc3)C2CC2CC2)=Nc2cc(C(=O)C3CCC4CCNC4C3)ccc21. The standard InChI is InChI=1S/C33H36N2O/c1-20-26-12-11-25(33(36)24-10-9-23-15-16-34-30(23)18-24)19-31(26)35-32(20)28-14-13-27(22-5-3-2-4-6-22)29(28)17-21-7-8-21/h2-6,11-14,19-21,23-24,29-30,34H,7-10,15-18H2,1H3. The summed E-state index contributed by atoms with van der Waals surface area (Å²) in [5, 5.41) is 3.63. The number of fused-ring (bicyclic) bond motifs is 2. The zero-order chi connectivity index (χ0) is 24.2. The van der Waals surface area contributed by atoms with Gasteiger partial charge in [-0.3, -0.25) is 9.79 Å². The van der Waals surface area contributed by atoms with Gasteiger partial charge < -0.3 is 5.32 Å². The minimum Gasteiger partial charge on any atom is -0.314 e. The molecule has 0 bridgehead atoms. The lowest BCUT2D eigenvalue weighted by Crippen LogP contribution is -2.36. The number of aliphatic imine (C=N–C) groups is 1. The number of allylic oxidation sites excluding steroid dienone is 4. The van der Waals surface area contributed by atoms with Crippen molar-refractivity contribution in [2.24, 2.45) is 28.7 Å². The molecule has 3 heteroatoms. The van der Waals surface area contributed by atoms with Crippen LogP contribution in [0.4, 0.5) is 5.69 Å². The number of rotatable bonds is 6. The summed E-state index contributed by atoms with van der Waals surface area (Å²) in [5.74, 6) is 2.78. The van der Waals surface area contributed by atoms with Gasteiger partial charge in [0.05, 0.1) is 11.4 Å². The van der Waals surface area contributed by atoms with E-state index in [1.54, 1.807) is 0 Å². The maximum atomic E-state index is 13.5. The fraction of sp³-hybridized carbons (Fsp3) is 0.455. The summed E-state index contributed by atoms with van der Waals surface area (Å²) in [4.78, 5) is 18.7. The molecule has 3 fully saturated rings. The van der Waals surface area contributed by atoms with Crippen molar-refractivity contribution in [3.8, 4) is 0 Å². The Morgan fingerprint density at radius 2 is 1.81 bits per heavy atom. The van der Waals surface area contributed by atoms with Crippen LogP contribution in [0.15, 0.2) is 71.2 Å². The zero-order valence-corrected chi connectivity index (χ0v) is 21.2. The fourth-order valence-corrected chi connectivity index (χ4v) is 7.32. The first-order chi connectivity index (χ1) is 17.7. The Balaban J connectivity index is 1.14. The number of benzene rings is 2. The van der Waals surface area contributed by atoms with Crippen molar-refractivity contribution in [2.45, 2.75) is 63.8 Å². The maximum Gasteiger partial charge on any atom is 0.166 e. The molecule has 2 heterocycles. The second-order valence-electron chi connectivity index (χ2n) is 11.8. The van der Waals surface area contributed by atoms with E-state index < -0.39 is 0 Å². The minimum absolute atomic E-state index is 0.148. The highest BCUT2D eigenvalue weighted by atomic mass is 16.1. The molecule has 5 unspecified atom stereocenters. The maximum absolute atomic E-state index is 13.5. The molecular formula is C33H36N2O. The molecule has 0 radical (unpaired) electrons. The lowest BCUT2D eigenvalue weighted by molar-refractivity contribution is 0.0860. The molecule has 184 valence electrons. The number of carbonyl (C=O) groups is 1. The van der Waals surface area contributed by atoms with Crippen molar-refractivity contribution in [3.63, 3.8) is 0 Å². The monoisotopic (exact) mass is 476 g/mol. The molecule has 1 saturated heterocycles. The molecule has 3 aliphatic carbocycles. The summed E-state index contributed by atoms with van der Waals surface area (Å²) in [5.41, 5.74) is 8.50. The molecule has 36 heavy (non-hydrogen) atoms. The molecular weight excluding hydrogens is 440 g/mol. The summed E-state index contributed by atoms with van der Waals surface area (Å²) in [7, 11) is 0. The Labute approximate surface area is 214 Å². The van der Waals surface area contributed by atoms with E-state index in [1.165, 1.54) is 60.1 Å². The van der Waals surface area contributed by atoms with Gasteiger partial charge in [-0.05, 0) is 78.8 Å². The number of ketones is 1. The first-order valence-corrected chi connectivity index (χ1v) is 14.1. The molecule has 7 rings (SSSR count). The third kappa shape index (κ3) is 3.93. The highest BCUT2D eigenvalue weighted by Crippen LogP contribution is 2.49. The normalized spacial score (nSPS) is 30.9. The highest BCUT2D eigenvalue weighted by molar-refractivity contribution is 6.12. The van der Waals surface area contributed by atoms with Crippen molar-refractivity contribution >= 4 is 22.8 Å². The Hall–Kier alpha value is -2.78. The average molecular weight is 477 g/mol. The molecule has 2 aromatic carbocycles. The molecule has 5 atom stereocenters. The van der Waals surface area contributed by atoms with Gasteiger partial charge in [0, 0.05) is 29.4 Å². The quantitative estimate of drug-likeness (QED) is 0.445. The lowest BCUT2D eigenvalue weighted by atomic mass is 9.76. The number of nitrogens with one attached hydrogen (secondary N) is 1. The average Bonchev–Trinajstić information content (AvgIpc) is 3.30. The number of Topliss-reactive ketones (excluding diaryl/α,β-unsaturated/α-hetero) is 1. The summed E-state index contributed by atoms with van der Waals surface area (Å²) in [6.45, 7) is 3.40. The van der Waals surface area contributed by atoms with Crippen LogP contribution in [0.3, 0.4) is 0 Å². The molecule has 2 saturated carbocycles. The molecule has 0 spiro atoms. The van der Waals surface area contributed by atoms with Crippen molar-refractivity contribution in [1.82, 2.24) is 5.32 Å². The topological polar surface area (TPSA) is 41.5 Å². The first kappa shape index (κ1) is 22.4. The summed E-state index contributed by atoms with van der Waals surface area (Å²) < 4.78 is 0. The van der Waals surface area contributed by atoms with E-state index in [-0.39, 0.29) is 11.8 Å². The first-order valence-electron chi connectivity index (χ1n) is 14.1. The van der Waals surface area contributed by atoms with Crippen molar-refractivity contribution in [2.75, 3.05) is 6.54 Å². The molecule has 3 nitrogen and oxygen atoms in total. The van der Waals surface area contributed by atoms with E-state index in [0.29, 0.717) is 17.7 Å². The van der Waals surface area contributed by atoms with Crippen LogP contribution >= 0.6 is 0 Å². The van der Waals surface area contributed by atoms with Crippen LogP contribution in [-0.2, 0) is 0 Å². The Kier molecular flexibility index (Phi) is 5.58. The van der Waals surface area contributed by atoms with Gasteiger partial charge in [0.15, 0.2) is 5.78 Å². The van der Waals surface area contributed by atoms with Crippen molar-refractivity contribution < 1.29 is 4.79 Å². The fourth-order valence-electron chi connectivity index (χ4n) is 7.32. The molecule has 2 aromatic rings. The Bertz CT molecular complexity index is 1280. The summed E-state index contributed by atoms with van der Waals surface area (Å²) >= 11 is 0. The van der Waals surface area contributed by atoms with Gasteiger partial charge in [-0.15, -0.1) is 0 Å². The van der Waals surface area contributed by atoms with Crippen molar-refractivity contribution in [1.29, 1.82) is 0 Å². The van der Waals surface area contributed by atoms with Crippen LogP contribution in [0.2, 0.25) is 0 Å². The van der Waals surface area contributed by atoms with Crippen LogP contribution in [-0.4, -0.2) is 24.1 Å². The molecule has 5 aliphatic rings. The van der Waals surface area contributed by atoms with Crippen molar-refractivity contribution in [3.05, 3.63) is 82.9 Å².